The van der Waals surface area contributed by atoms with Crippen LogP contribution < -0.4 is 5.73 Å². The van der Waals surface area contributed by atoms with Crippen LogP contribution in [0, 0.1) is 5.92 Å². The van der Waals surface area contributed by atoms with Crippen molar-refractivity contribution in [1.29, 1.82) is 0 Å². The number of nitrogens with two attached hydrogens (primary N) is 1. The van der Waals surface area contributed by atoms with Crippen LogP contribution in [0.2, 0.25) is 0 Å². The van der Waals surface area contributed by atoms with Crippen molar-refractivity contribution in [2.45, 2.75) is 31.8 Å². The summed E-state index contributed by atoms with van der Waals surface area (Å²) in [6.45, 7) is 2.60. The summed E-state index contributed by atoms with van der Waals surface area (Å²) in [7, 11) is 0. The molecule has 2 rings (SSSR count). The highest BCUT2D eigenvalue weighted by atomic mass is 16.3. The molecule has 0 spiro atoms. The summed E-state index contributed by atoms with van der Waals surface area (Å²) in [5, 5.41) is 10.3. The summed E-state index contributed by atoms with van der Waals surface area (Å²) in [5.74, 6) is 0.456. The standard InChI is InChI=1S/C13H19NO/c1-13(15,12-6-7-12)11-4-2-10(3-5-11)8-9-14/h2-5,12,15H,6-9,14H2,1H3. The van der Waals surface area contributed by atoms with Gasteiger partial charge in [0.1, 0.15) is 0 Å². The van der Waals surface area contributed by atoms with Crippen molar-refractivity contribution in [1.82, 2.24) is 0 Å². The average molecular weight is 205 g/mol. The van der Waals surface area contributed by atoms with Gasteiger partial charge in [-0.05, 0) is 49.8 Å². The fourth-order valence-electron chi connectivity index (χ4n) is 2.06. The van der Waals surface area contributed by atoms with Gasteiger partial charge in [0.25, 0.3) is 0 Å². The van der Waals surface area contributed by atoms with E-state index in [0.29, 0.717) is 12.5 Å². The highest BCUT2D eigenvalue weighted by molar-refractivity contribution is 5.28. The van der Waals surface area contributed by atoms with Gasteiger partial charge in [0.15, 0.2) is 0 Å². The average Bonchev–Trinajstić information content (AvgIpc) is 3.02. The summed E-state index contributed by atoms with van der Waals surface area (Å²) in [6.07, 6.45) is 3.21. The Bertz CT molecular complexity index is 325. The van der Waals surface area contributed by atoms with E-state index in [1.165, 1.54) is 5.56 Å². The third-order valence-corrected chi connectivity index (χ3v) is 3.34. The monoisotopic (exact) mass is 205 g/mol. The summed E-state index contributed by atoms with van der Waals surface area (Å²) in [5.41, 5.74) is 7.13. The molecule has 15 heavy (non-hydrogen) atoms. The number of benzene rings is 1. The van der Waals surface area contributed by atoms with Crippen LogP contribution in [0.5, 0.6) is 0 Å². The fourth-order valence-corrected chi connectivity index (χ4v) is 2.06. The molecule has 1 aromatic carbocycles. The second-order valence-electron chi connectivity index (χ2n) is 4.66. The van der Waals surface area contributed by atoms with Crippen LogP contribution in [0.4, 0.5) is 0 Å². The molecule has 2 nitrogen and oxygen atoms in total. The lowest BCUT2D eigenvalue weighted by Crippen LogP contribution is -2.23. The Morgan fingerprint density at radius 3 is 2.40 bits per heavy atom. The summed E-state index contributed by atoms with van der Waals surface area (Å²) in [6, 6.07) is 8.20. The molecule has 0 radical (unpaired) electrons. The van der Waals surface area contributed by atoms with Crippen molar-refractivity contribution >= 4 is 0 Å². The summed E-state index contributed by atoms with van der Waals surface area (Å²) < 4.78 is 0. The number of hydrogen-bond acceptors (Lipinski definition) is 2. The van der Waals surface area contributed by atoms with E-state index >= 15 is 0 Å². The van der Waals surface area contributed by atoms with Gasteiger partial charge in [-0.1, -0.05) is 24.3 Å². The molecule has 0 bridgehead atoms. The second kappa shape index (κ2) is 3.95. The predicted octanol–water partition coefficient (Wildman–Crippen LogP) is 1.81. The highest BCUT2D eigenvalue weighted by Crippen LogP contribution is 2.45. The minimum absolute atomic E-state index is 0.456. The highest BCUT2D eigenvalue weighted by Gasteiger charge is 2.40. The fraction of sp³-hybridized carbons (Fsp3) is 0.538. The zero-order chi connectivity index (χ0) is 10.9. The molecule has 1 saturated carbocycles. The molecule has 0 aromatic heterocycles. The van der Waals surface area contributed by atoms with Gasteiger partial charge in [0, 0.05) is 0 Å². The zero-order valence-corrected chi connectivity index (χ0v) is 9.24. The number of rotatable bonds is 4. The molecule has 0 heterocycles. The topological polar surface area (TPSA) is 46.2 Å². The minimum atomic E-state index is -0.638. The molecular weight excluding hydrogens is 186 g/mol. The van der Waals surface area contributed by atoms with Gasteiger partial charge in [-0.25, -0.2) is 0 Å². The molecule has 0 aliphatic heterocycles. The Hall–Kier alpha value is -0.860. The normalized spacial score (nSPS) is 19.9. The van der Waals surface area contributed by atoms with Crippen LogP contribution in [0.3, 0.4) is 0 Å². The van der Waals surface area contributed by atoms with Gasteiger partial charge in [0.2, 0.25) is 0 Å². The first-order chi connectivity index (χ1) is 7.14. The van der Waals surface area contributed by atoms with E-state index in [1.807, 2.05) is 19.1 Å². The number of hydrogen-bond donors (Lipinski definition) is 2. The molecule has 1 fully saturated rings. The quantitative estimate of drug-likeness (QED) is 0.787. The molecule has 1 atom stereocenters. The van der Waals surface area contributed by atoms with Crippen molar-refractivity contribution in [3.8, 4) is 0 Å². The number of aliphatic hydroxyl groups is 1. The van der Waals surface area contributed by atoms with E-state index in [4.69, 9.17) is 5.73 Å². The van der Waals surface area contributed by atoms with Crippen molar-refractivity contribution in [2.24, 2.45) is 11.7 Å². The molecule has 2 heteroatoms. The molecule has 0 amide bonds. The molecule has 1 aliphatic rings. The Kier molecular flexibility index (Phi) is 2.81. The predicted molar refractivity (Wildman–Crippen MR) is 61.5 cm³/mol. The lowest BCUT2D eigenvalue weighted by molar-refractivity contribution is 0.0331. The molecule has 0 saturated heterocycles. The van der Waals surface area contributed by atoms with Crippen LogP contribution in [0.1, 0.15) is 30.9 Å². The van der Waals surface area contributed by atoms with Crippen molar-refractivity contribution < 1.29 is 5.11 Å². The first kappa shape index (κ1) is 10.7. The Labute approximate surface area is 91.1 Å². The SMILES string of the molecule is CC(O)(c1ccc(CCN)cc1)C1CC1. The lowest BCUT2D eigenvalue weighted by Gasteiger charge is -2.23. The first-order valence-corrected chi connectivity index (χ1v) is 5.66. The van der Waals surface area contributed by atoms with Crippen molar-refractivity contribution in [3.05, 3.63) is 35.4 Å². The summed E-state index contributed by atoms with van der Waals surface area (Å²) >= 11 is 0. The first-order valence-electron chi connectivity index (χ1n) is 5.66. The van der Waals surface area contributed by atoms with Crippen LogP contribution in [0.15, 0.2) is 24.3 Å². The van der Waals surface area contributed by atoms with Crippen molar-refractivity contribution in [2.75, 3.05) is 6.54 Å². The summed E-state index contributed by atoms with van der Waals surface area (Å²) in [4.78, 5) is 0. The Morgan fingerprint density at radius 1 is 1.33 bits per heavy atom. The van der Waals surface area contributed by atoms with E-state index in [-0.39, 0.29) is 0 Å². The van der Waals surface area contributed by atoms with Gasteiger partial charge in [-0.2, -0.15) is 0 Å². The Balaban J connectivity index is 2.15. The van der Waals surface area contributed by atoms with Gasteiger partial charge in [-0.15, -0.1) is 0 Å². The second-order valence-corrected chi connectivity index (χ2v) is 4.66. The zero-order valence-electron chi connectivity index (χ0n) is 9.24. The maximum absolute atomic E-state index is 10.3. The third kappa shape index (κ3) is 2.21. The third-order valence-electron chi connectivity index (χ3n) is 3.34. The van der Waals surface area contributed by atoms with E-state index < -0.39 is 5.60 Å². The van der Waals surface area contributed by atoms with Crippen molar-refractivity contribution in [3.63, 3.8) is 0 Å². The van der Waals surface area contributed by atoms with E-state index in [9.17, 15) is 5.11 Å². The smallest absolute Gasteiger partial charge is 0.0896 e. The molecular formula is C13H19NO. The molecule has 1 unspecified atom stereocenters. The van der Waals surface area contributed by atoms with E-state index in [1.54, 1.807) is 0 Å². The molecule has 82 valence electrons. The van der Waals surface area contributed by atoms with E-state index in [2.05, 4.69) is 12.1 Å². The maximum atomic E-state index is 10.3. The lowest BCUT2D eigenvalue weighted by atomic mass is 9.90. The maximum Gasteiger partial charge on any atom is 0.0896 e. The van der Waals surface area contributed by atoms with Gasteiger partial charge >= 0.3 is 0 Å². The van der Waals surface area contributed by atoms with Crippen LogP contribution in [-0.4, -0.2) is 11.7 Å². The van der Waals surface area contributed by atoms with Gasteiger partial charge < -0.3 is 10.8 Å². The minimum Gasteiger partial charge on any atom is -0.385 e. The van der Waals surface area contributed by atoms with Gasteiger partial charge in [0.05, 0.1) is 5.60 Å². The largest absolute Gasteiger partial charge is 0.385 e. The molecule has 3 N–H and O–H groups in total. The molecule has 1 aliphatic carbocycles. The van der Waals surface area contributed by atoms with Gasteiger partial charge in [-0.3, -0.25) is 0 Å². The van der Waals surface area contributed by atoms with Crippen LogP contribution in [0.25, 0.3) is 0 Å². The molecule has 1 aromatic rings. The van der Waals surface area contributed by atoms with Crippen LogP contribution >= 0.6 is 0 Å². The van der Waals surface area contributed by atoms with Crippen LogP contribution in [-0.2, 0) is 12.0 Å². The van der Waals surface area contributed by atoms with E-state index in [0.717, 1.165) is 24.8 Å². The Morgan fingerprint density at radius 2 is 1.93 bits per heavy atom.